The van der Waals surface area contributed by atoms with Crippen molar-refractivity contribution in [1.82, 2.24) is 15.0 Å². The van der Waals surface area contributed by atoms with Gasteiger partial charge in [-0.3, -0.25) is 4.98 Å². The Hall–Kier alpha value is -2.20. The van der Waals surface area contributed by atoms with E-state index in [1.165, 1.54) is 24.0 Å². The van der Waals surface area contributed by atoms with Crippen LogP contribution in [0.15, 0.2) is 35.6 Å². The Balaban J connectivity index is 1.71. The van der Waals surface area contributed by atoms with Gasteiger partial charge in [-0.05, 0) is 43.3 Å². The molecule has 1 N–H and O–H groups in total. The van der Waals surface area contributed by atoms with E-state index >= 15 is 0 Å². The lowest BCUT2D eigenvalue weighted by atomic mass is 10.2. The van der Waals surface area contributed by atoms with Crippen LogP contribution in [0.4, 0.5) is 13.2 Å². The minimum absolute atomic E-state index is 0.0974. The van der Waals surface area contributed by atoms with Gasteiger partial charge >= 0.3 is 6.18 Å². The van der Waals surface area contributed by atoms with Crippen molar-refractivity contribution in [1.29, 1.82) is 0 Å². The number of halogens is 3. The van der Waals surface area contributed by atoms with Crippen molar-refractivity contribution in [2.45, 2.75) is 62.9 Å². The third-order valence-electron chi connectivity index (χ3n) is 5.61. The number of aromatic nitrogens is 3. The van der Waals surface area contributed by atoms with Crippen molar-refractivity contribution in [3.8, 4) is 11.5 Å². The highest BCUT2D eigenvalue weighted by Gasteiger charge is 2.39. The molecule has 3 rings (SSSR count). The molecule has 0 aliphatic rings. The number of benzene rings is 1. The van der Waals surface area contributed by atoms with E-state index < -0.39 is 21.1 Å². The fourth-order valence-electron chi connectivity index (χ4n) is 2.70. The molecule has 0 radical (unpaired) electrons. The number of ether oxygens (including phenoxy) is 1. The predicted molar refractivity (Wildman–Crippen MR) is 124 cm³/mol. The van der Waals surface area contributed by atoms with Crippen molar-refractivity contribution < 1.29 is 22.3 Å². The molecule has 2 heterocycles. The molecule has 1 aromatic carbocycles. The van der Waals surface area contributed by atoms with Crippen LogP contribution < -0.4 is 9.16 Å². The third kappa shape index (κ3) is 5.98. The molecule has 0 saturated heterocycles. The SMILES string of the molecule is Cc1c(OCC(F)(F)F)ccnc1CSc1nc2ccc(O[Si](C)(C)C(C)(C)C)cc2[nH]1. The first-order chi connectivity index (χ1) is 14.7. The maximum Gasteiger partial charge on any atom is 0.422 e. The lowest BCUT2D eigenvalue weighted by molar-refractivity contribution is -0.153. The van der Waals surface area contributed by atoms with Crippen molar-refractivity contribution in [2.75, 3.05) is 6.61 Å². The zero-order valence-corrected chi connectivity index (χ0v) is 20.9. The topological polar surface area (TPSA) is 60.0 Å². The summed E-state index contributed by atoms with van der Waals surface area (Å²) in [5.41, 5.74) is 2.93. The summed E-state index contributed by atoms with van der Waals surface area (Å²) in [5, 5.41) is 0.799. The number of hydrogen-bond donors (Lipinski definition) is 1. The molecule has 0 spiro atoms. The van der Waals surface area contributed by atoms with Crippen LogP contribution in [-0.2, 0) is 5.75 Å². The molecule has 2 aromatic heterocycles. The molecule has 32 heavy (non-hydrogen) atoms. The number of fused-ring (bicyclic) bond motifs is 1. The first kappa shape index (κ1) is 24.4. The van der Waals surface area contributed by atoms with Gasteiger partial charge in [0.1, 0.15) is 11.5 Å². The van der Waals surface area contributed by atoms with Gasteiger partial charge in [-0.15, -0.1) is 0 Å². The first-order valence-electron chi connectivity index (χ1n) is 10.2. The smallest absolute Gasteiger partial charge is 0.422 e. The van der Waals surface area contributed by atoms with E-state index in [1.807, 2.05) is 18.2 Å². The Morgan fingerprint density at radius 1 is 1.12 bits per heavy atom. The molecule has 174 valence electrons. The number of thioether (sulfide) groups is 1. The molecular formula is C22H28F3N3O2SSi. The van der Waals surface area contributed by atoms with Gasteiger partial charge in [0, 0.05) is 23.6 Å². The highest BCUT2D eigenvalue weighted by atomic mass is 32.2. The van der Waals surface area contributed by atoms with E-state index in [1.54, 1.807) is 6.92 Å². The summed E-state index contributed by atoms with van der Waals surface area (Å²) in [5.74, 6) is 1.45. The monoisotopic (exact) mass is 483 g/mol. The summed E-state index contributed by atoms with van der Waals surface area (Å²) >= 11 is 1.43. The zero-order chi connectivity index (χ0) is 23.7. The molecule has 5 nitrogen and oxygen atoms in total. The Labute approximate surface area is 191 Å². The number of H-pyrrole nitrogens is 1. The number of nitrogens with one attached hydrogen (secondary N) is 1. The fraction of sp³-hybridized carbons (Fsp3) is 0.455. The van der Waals surface area contributed by atoms with Crippen molar-refractivity contribution in [2.24, 2.45) is 0 Å². The molecule has 3 aromatic rings. The van der Waals surface area contributed by atoms with Crippen LogP contribution in [0.5, 0.6) is 11.5 Å². The number of hydrogen-bond acceptors (Lipinski definition) is 5. The van der Waals surface area contributed by atoms with E-state index in [2.05, 4.69) is 48.8 Å². The molecule has 0 amide bonds. The van der Waals surface area contributed by atoms with Crippen LogP contribution in [0.3, 0.4) is 0 Å². The first-order valence-corrected chi connectivity index (χ1v) is 14.1. The van der Waals surface area contributed by atoms with E-state index in [0.717, 1.165) is 16.8 Å². The average Bonchev–Trinajstić information content (AvgIpc) is 3.06. The van der Waals surface area contributed by atoms with E-state index in [4.69, 9.17) is 9.16 Å². The minimum atomic E-state index is -4.38. The van der Waals surface area contributed by atoms with Gasteiger partial charge in [0.15, 0.2) is 11.8 Å². The highest BCUT2D eigenvalue weighted by Crippen LogP contribution is 2.38. The molecule has 0 aliphatic carbocycles. The second-order valence-corrected chi connectivity index (χ2v) is 14.8. The van der Waals surface area contributed by atoms with Crippen LogP contribution in [0.1, 0.15) is 32.0 Å². The Morgan fingerprint density at radius 3 is 2.50 bits per heavy atom. The van der Waals surface area contributed by atoms with Crippen LogP contribution in [0.25, 0.3) is 11.0 Å². The summed E-state index contributed by atoms with van der Waals surface area (Å²) in [7, 11) is -1.95. The average molecular weight is 484 g/mol. The molecule has 0 saturated carbocycles. The van der Waals surface area contributed by atoms with Gasteiger partial charge in [0.2, 0.25) is 8.32 Å². The number of rotatable bonds is 7. The lowest BCUT2D eigenvalue weighted by Crippen LogP contribution is -2.43. The molecule has 0 aliphatic heterocycles. The molecular weight excluding hydrogens is 455 g/mol. The maximum atomic E-state index is 12.5. The number of aromatic amines is 1. The summed E-state index contributed by atoms with van der Waals surface area (Å²) in [4.78, 5) is 12.2. The largest absolute Gasteiger partial charge is 0.543 e. The summed E-state index contributed by atoms with van der Waals surface area (Å²) in [6.45, 7) is 11.4. The van der Waals surface area contributed by atoms with Gasteiger partial charge < -0.3 is 14.1 Å². The van der Waals surface area contributed by atoms with Crippen molar-refractivity contribution in [3.05, 3.63) is 41.7 Å². The number of alkyl halides is 3. The molecule has 0 atom stereocenters. The van der Waals surface area contributed by atoms with Gasteiger partial charge in [-0.2, -0.15) is 13.2 Å². The quantitative estimate of drug-likeness (QED) is 0.293. The van der Waals surface area contributed by atoms with E-state index in [-0.39, 0.29) is 10.8 Å². The molecule has 0 fully saturated rings. The normalized spacial score (nSPS) is 12.9. The minimum Gasteiger partial charge on any atom is -0.543 e. The second-order valence-electron chi connectivity index (χ2n) is 9.16. The van der Waals surface area contributed by atoms with Gasteiger partial charge in [0.05, 0.1) is 16.7 Å². The van der Waals surface area contributed by atoms with Crippen molar-refractivity contribution in [3.63, 3.8) is 0 Å². The fourth-order valence-corrected chi connectivity index (χ4v) is 4.63. The van der Waals surface area contributed by atoms with Gasteiger partial charge in [0.25, 0.3) is 0 Å². The van der Waals surface area contributed by atoms with E-state index in [0.29, 0.717) is 22.2 Å². The van der Waals surface area contributed by atoms with Crippen LogP contribution in [0.2, 0.25) is 18.1 Å². The molecule has 0 bridgehead atoms. The zero-order valence-electron chi connectivity index (χ0n) is 19.1. The lowest BCUT2D eigenvalue weighted by Gasteiger charge is -2.36. The van der Waals surface area contributed by atoms with Crippen molar-refractivity contribution >= 4 is 31.1 Å². The Bertz CT molecular complexity index is 1090. The standard InChI is InChI=1S/C22H28F3N3O2SSi/c1-14-18(26-10-9-19(14)29-13-22(23,24)25)12-31-20-27-16-8-7-15(11-17(16)28-20)30-32(5,6)21(2,3)4/h7-11H,12-13H2,1-6H3,(H,27,28). The van der Waals surface area contributed by atoms with Crippen LogP contribution >= 0.6 is 11.8 Å². The number of nitrogens with zero attached hydrogens (tertiary/aromatic N) is 2. The number of pyridine rings is 1. The molecule has 0 unspecified atom stereocenters. The summed E-state index contributed by atoms with van der Waals surface area (Å²) in [6.07, 6.45) is -2.93. The van der Waals surface area contributed by atoms with Crippen LogP contribution in [-0.4, -0.2) is 36.1 Å². The summed E-state index contributed by atoms with van der Waals surface area (Å²) < 4.78 is 48.7. The Kier molecular flexibility index (Phi) is 6.85. The Morgan fingerprint density at radius 2 is 1.84 bits per heavy atom. The van der Waals surface area contributed by atoms with Crippen LogP contribution in [0, 0.1) is 6.92 Å². The maximum absolute atomic E-state index is 12.5. The summed E-state index contributed by atoms with van der Waals surface area (Å²) in [6, 6.07) is 7.26. The number of imidazole rings is 1. The third-order valence-corrected chi connectivity index (χ3v) is 10.8. The predicted octanol–water partition coefficient (Wildman–Crippen LogP) is 6.88. The van der Waals surface area contributed by atoms with Gasteiger partial charge in [-0.25, -0.2) is 4.98 Å². The second kappa shape index (κ2) is 8.97. The molecule has 10 heteroatoms. The van der Waals surface area contributed by atoms with E-state index in [9.17, 15) is 13.2 Å². The van der Waals surface area contributed by atoms with Gasteiger partial charge in [-0.1, -0.05) is 32.5 Å². The highest BCUT2D eigenvalue weighted by molar-refractivity contribution is 7.98.